The van der Waals surface area contributed by atoms with Crippen molar-refractivity contribution < 1.29 is 17.6 Å². The number of rotatable bonds is 0. The Morgan fingerprint density at radius 1 is 0.800 bits per heavy atom. The maximum absolute atomic E-state index is 14.9. The number of halogens is 4. The summed E-state index contributed by atoms with van der Waals surface area (Å²) in [5, 5.41) is 0. The van der Waals surface area contributed by atoms with Crippen molar-refractivity contribution in [1.82, 2.24) is 0 Å². The third-order valence-corrected chi connectivity index (χ3v) is 3.77. The van der Waals surface area contributed by atoms with Crippen LogP contribution in [-0.2, 0) is 5.67 Å². The van der Waals surface area contributed by atoms with E-state index in [0.29, 0.717) is 11.1 Å². The number of fused-ring (bicyclic) bond motifs is 3. The number of benzene rings is 2. The van der Waals surface area contributed by atoms with Crippen molar-refractivity contribution in [3.63, 3.8) is 0 Å². The van der Waals surface area contributed by atoms with Gasteiger partial charge in [0.25, 0.3) is 5.67 Å². The van der Waals surface area contributed by atoms with Gasteiger partial charge >= 0.3 is 6.18 Å². The zero-order valence-corrected chi connectivity index (χ0v) is 11.0. The molecule has 2 aromatic carbocycles. The normalized spacial score (nSPS) is 15.9. The van der Waals surface area contributed by atoms with Gasteiger partial charge in [0, 0.05) is 11.1 Å². The number of hydrogen-bond acceptors (Lipinski definition) is 0. The van der Waals surface area contributed by atoms with Crippen molar-refractivity contribution in [2.45, 2.75) is 25.7 Å². The molecule has 0 aromatic heterocycles. The third kappa shape index (κ3) is 1.54. The monoisotopic (exact) mass is 280 g/mol. The second-order valence-electron chi connectivity index (χ2n) is 5.25. The number of aryl methyl sites for hydroxylation is 2. The molecular weight excluding hydrogens is 268 g/mol. The SMILES string of the molecule is Cc1ccc2c(c1)-c1cc(C)ccc1C2(F)C(F)(F)F. The van der Waals surface area contributed by atoms with Gasteiger partial charge in [-0.1, -0.05) is 47.5 Å². The first-order valence-corrected chi connectivity index (χ1v) is 6.23. The van der Waals surface area contributed by atoms with Crippen LogP contribution >= 0.6 is 0 Å². The minimum Gasteiger partial charge on any atom is -0.223 e. The van der Waals surface area contributed by atoms with Gasteiger partial charge in [-0.05, 0) is 25.0 Å². The van der Waals surface area contributed by atoms with E-state index in [2.05, 4.69) is 0 Å². The number of hydrogen-bond donors (Lipinski definition) is 0. The molecule has 104 valence electrons. The molecule has 0 spiro atoms. The van der Waals surface area contributed by atoms with Gasteiger partial charge in [0.2, 0.25) is 0 Å². The Kier molecular flexibility index (Phi) is 2.53. The molecule has 0 bridgehead atoms. The van der Waals surface area contributed by atoms with Crippen LogP contribution in [-0.4, -0.2) is 6.18 Å². The third-order valence-electron chi connectivity index (χ3n) is 3.77. The highest BCUT2D eigenvalue weighted by Gasteiger charge is 2.62. The lowest BCUT2D eigenvalue weighted by Crippen LogP contribution is -2.37. The van der Waals surface area contributed by atoms with Crippen molar-refractivity contribution in [2.75, 3.05) is 0 Å². The lowest BCUT2D eigenvalue weighted by atomic mass is 9.92. The Bertz CT molecular complexity index is 647. The van der Waals surface area contributed by atoms with Gasteiger partial charge in [-0.15, -0.1) is 0 Å². The molecule has 0 heterocycles. The average Bonchev–Trinajstić information content (AvgIpc) is 2.59. The zero-order chi connectivity index (χ0) is 14.7. The summed E-state index contributed by atoms with van der Waals surface area (Å²) in [4.78, 5) is 0. The molecular formula is C16H12F4. The Balaban J connectivity index is 2.42. The van der Waals surface area contributed by atoms with Crippen LogP contribution in [0.1, 0.15) is 22.3 Å². The maximum atomic E-state index is 14.9. The summed E-state index contributed by atoms with van der Waals surface area (Å²) in [6.45, 7) is 3.56. The van der Waals surface area contributed by atoms with E-state index in [0.717, 1.165) is 11.1 Å². The average molecular weight is 280 g/mol. The van der Waals surface area contributed by atoms with Crippen LogP contribution in [0.15, 0.2) is 36.4 Å². The fourth-order valence-electron chi connectivity index (χ4n) is 2.81. The Labute approximate surface area is 114 Å². The summed E-state index contributed by atoms with van der Waals surface area (Å²) in [6.07, 6.45) is -4.97. The molecule has 0 amide bonds. The summed E-state index contributed by atoms with van der Waals surface area (Å²) in [5.41, 5.74) is -1.75. The second kappa shape index (κ2) is 3.84. The highest BCUT2D eigenvalue weighted by atomic mass is 19.4. The smallest absolute Gasteiger partial charge is 0.223 e. The van der Waals surface area contributed by atoms with Gasteiger partial charge < -0.3 is 0 Å². The largest absolute Gasteiger partial charge is 0.431 e. The van der Waals surface area contributed by atoms with E-state index in [1.54, 1.807) is 26.0 Å². The van der Waals surface area contributed by atoms with Gasteiger partial charge in [-0.2, -0.15) is 13.2 Å². The van der Waals surface area contributed by atoms with E-state index in [4.69, 9.17) is 0 Å². The molecule has 0 unspecified atom stereocenters. The van der Waals surface area contributed by atoms with Crippen molar-refractivity contribution in [1.29, 1.82) is 0 Å². The molecule has 4 heteroatoms. The van der Waals surface area contributed by atoms with Gasteiger partial charge in [-0.25, -0.2) is 4.39 Å². The van der Waals surface area contributed by atoms with E-state index < -0.39 is 11.8 Å². The highest BCUT2D eigenvalue weighted by molar-refractivity contribution is 5.81. The van der Waals surface area contributed by atoms with Crippen LogP contribution in [0.4, 0.5) is 17.6 Å². The molecule has 1 aliphatic rings. The van der Waals surface area contributed by atoms with E-state index >= 15 is 0 Å². The first-order valence-electron chi connectivity index (χ1n) is 6.23. The lowest BCUT2D eigenvalue weighted by molar-refractivity contribution is -0.217. The van der Waals surface area contributed by atoms with E-state index in [1.807, 2.05) is 0 Å². The minimum atomic E-state index is -4.97. The van der Waals surface area contributed by atoms with Gasteiger partial charge in [0.05, 0.1) is 0 Å². The molecule has 2 aromatic rings. The molecule has 0 aliphatic heterocycles. The topological polar surface area (TPSA) is 0 Å². The van der Waals surface area contributed by atoms with Crippen LogP contribution in [0.25, 0.3) is 11.1 Å². The standard InChI is InChI=1S/C16H12F4/c1-9-3-5-13-11(7-9)12-8-10(2)4-6-14(12)15(13,17)16(18,19)20/h3-8H,1-2H3. The molecule has 0 saturated carbocycles. The van der Waals surface area contributed by atoms with Crippen LogP contribution < -0.4 is 0 Å². The van der Waals surface area contributed by atoms with Crippen molar-refractivity contribution >= 4 is 0 Å². The van der Waals surface area contributed by atoms with Crippen molar-refractivity contribution in [2.24, 2.45) is 0 Å². The molecule has 0 atom stereocenters. The fraction of sp³-hybridized carbons (Fsp3) is 0.250. The first-order chi connectivity index (χ1) is 9.25. The van der Waals surface area contributed by atoms with E-state index in [-0.39, 0.29) is 11.1 Å². The van der Waals surface area contributed by atoms with E-state index in [9.17, 15) is 17.6 Å². The summed E-state index contributed by atoms with van der Waals surface area (Å²) in [7, 11) is 0. The molecule has 0 N–H and O–H groups in total. The van der Waals surface area contributed by atoms with Crippen molar-refractivity contribution in [3.05, 3.63) is 58.7 Å². The minimum absolute atomic E-state index is 0.309. The Morgan fingerprint density at radius 3 is 1.55 bits per heavy atom. The maximum Gasteiger partial charge on any atom is 0.431 e. The predicted octanol–water partition coefficient (Wildman–Crippen LogP) is 5.06. The molecule has 0 fully saturated rings. The summed E-state index contributed by atoms with van der Waals surface area (Å²) < 4.78 is 54.9. The Hall–Kier alpha value is -1.84. The molecule has 3 rings (SSSR count). The predicted molar refractivity (Wildman–Crippen MR) is 69.3 cm³/mol. The van der Waals surface area contributed by atoms with Crippen LogP contribution in [0.3, 0.4) is 0 Å². The van der Waals surface area contributed by atoms with Gasteiger partial charge in [-0.3, -0.25) is 0 Å². The second-order valence-corrected chi connectivity index (χ2v) is 5.25. The highest BCUT2D eigenvalue weighted by Crippen LogP contribution is 2.57. The van der Waals surface area contributed by atoms with Gasteiger partial charge in [0.15, 0.2) is 0 Å². The Morgan fingerprint density at radius 2 is 1.20 bits per heavy atom. The van der Waals surface area contributed by atoms with Crippen LogP contribution in [0, 0.1) is 13.8 Å². The lowest BCUT2D eigenvalue weighted by Gasteiger charge is -2.25. The molecule has 1 aliphatic carbocycles. The molecule has 0 nitrogen and oxygen atoms in total. The quantitative estimate of drug-likeness (QED) is 0.592. The summed E-state index contributed by atoms with van der Waals surface area (Å²) >= 11 is 0. The van der Waals surface area contributed by atoms with Crippen molar-refractivity contribution in [3.8, 4) is 11.1 Å². The molecule has 0 saturated heterocycles. The molecule has 20 heavy (non-hydrogen) atoms. The van der Waals surface area contributed by atoms with Gasteiger partial charge in [0.1, 0.15) is 0 Å². The van der Waals surface area contributed by atoms with Crippen LogP contribution in [0.5, 0.6) is 0 Å². The van der Waals surface area contributed by atoms with E-state index in [1.165, 1.54) is 24.3 Å². The number of alkyl halides is 4. The first kappa shape index (κ1) is 13.2. The zero-order valence-electron chi connectivity index (χ0n) is 11.0. The van der Waals surface area contributed by atoms with Crippen LogP contribution in [0.2, 0.25) is 0 Å². The molecule has 0 radical (unpaired) electrons. The fourth-order valence-corrected chi connectivity index (χ4v) is 2.81. The summed E-state index contributed by atoms with van der Waals surface area (Å²) in [5.74, 6) is 0. The summed E-state index contributed by atoms with van der Waals surface area (Å²) in [6, 6.07) is 8.73.